The molecule has 3 N–H and O–H groups in total. The number of unbranched alkanes of at least 4 members (excludes halogenated alkanes) is 1. The molecule has 0 aliphatic rings. The van der Waals surface area contributed by atoms with E-state index in [2.05, 4.69) is 16.6 Å². The van der Waals surface area contributed by atoms with Crippen molar-refractivity contribution in [3.63, 3.8) is 0 Å². The van der Waals surface area contributed by atoms with E-state index in [1.165, 1.54) is 0 Å². The van der Waals surface area contributed by atoms with Crippen molar-refractivity contribution < 1.29 is 14.7 Å². The summed E-state index contributed by atoms with van der Waals surface area (Å²) in [6, 6.07) is -1.32. The number of rotatable bonds is 7. The molecular weight excluding hydrogens is 220 g/mol. The van der Waals surface area contributed by atoms with Crippen LogP contribution in [0.5, 0.6) is 0 Å². The molecule has 96 valence electrons. The molecule has 5 heteroatoms. The lowest BCUT2D eigenvalue weighted by Gasteiger charge is -2.20. The molecule has 0 fully saturated rings. The number of amides is 2. The highest BCUT2D eigenvalue weighted by Gasteiger charge is 2.24. The highest BCUT2D eigenvalue weighted by Crippen LogP contribution is 2.07. The van der Waals surface area contributed by atoms with Crippen molar-refractivity contribution in [1.29, 1.82) is 0 Å². The van der Waals surface area contributed by atoms with Crippen molar-refractivity contribution >= 4 is 12.0 Å². The molecule has 0 aromatic carbocycles. The number of terminal acetylenes is 1. The topological polar surface area (TPSA) is 78.4 Å². The van der Waals surface area contributed by atoms with Crippen LogP contribution in [0.4, 0.5) is 4.79 Å². The van der Waals surface area contributed by atoms with Gasteiger partial charge in [0, 0.05) is 13.0 Å². The fourth-order valence-electron chi connectivity index (χ4n) is 1.27. The highest BCUT2D eigenvalue weighted by atomic mass is 16.4. The summed E-state index contributed by atoms with van der Waals surface area (Å²) in [6.45, 7) is 4.12. The molecule has 0 aliphatic carbocycles. The monoisotopic (exact) mass is 240 g/mol. The first-order valence-corrected chi connectivity index (χ1v) is 5.73. The van der Waals surface area contributed by atoms with Gasteiger partial charge in [0.25, 0.3) is 0 Å². The van der Waals surface area contributed by atoms with E-state index in [0.29, 0.717) is 25.8 Å². The molecule has 0 aromatic rings. The molecule has 0 rings (SSSR count). The van der Waals surface area contributed by atoms with Crippen LogP contribution in [0.25, 0.3) is 0 Å². The number of hydrogen-bond donors (Lipinski definition) is 3. The van der Waals surface area contributed by atoms with E-state index < -0.39 is 18.0 Å². The van der Waals surface area contributed by atoms with Gasteiger partial charge in [0.2, 0.25) is 0 Å². The normalized spacial score (nSPS) is 13.2. The highest BCUT2D eigenvalue weighted by molar-refractivity contribution is 5.82. The van der Waals surface area contributed by atoms with Crippen LogP contribution in [0.2, 0.25) is 0 Å². The average Bonchev–Trinajstić information content (AvgIpc) is 2.30. The first-order valence-electron chi connectivity index (χ1n) is 5.73. The lowest BCUT2D eigenvalue weighted by molar-refractivity contribution is -0.140. The molecule has 2 atom stereocenters. The molecule has 2 amide bonds. The summed E-state index contributed by atoms with van der Waals surface area (Å²) < 4.78 is 0. The van der Waals surface area contributed by atoms with Gasteiger partial charge in [0.1, 0.15) is 6.04 Å². The molecule has 0 saturated carbocycles. The fraction of sp³-hybridized carbons (Fsp3) is 0.667. The Bertz CT molecular complexity index is 297. The Morgan fingerprint density at radius 3 is 2.59 bits per heavy atom. The lowest BCUT2D eigenvalue weighted by Crippen LogP contribution is -2.49. The second-order valence-corrected chi connectivity index (χ2v) is 3.91. The van der Waals surface area contributed by atoms with Gasteiger partial charge < -0.3 is 15.7 Å². The zero-order valence-corrected chi connectivity index (χ0v) is 10.3. The van der Waals surface area contributed by atoms with Gasteiger partial charge in [-0.1, -0.05) is 20.3 Å². The van der Waals surface area contributed by atoms with Crippen molar-refractivity contribution in [2.24, 2.45) is 5.92 Å². The molecular formula is C12H20N2O3. The first-order chi connectivity index (χ1) is 8.02. The van der Waals surface area contributed by atoms with Crippen LogP contribution >= 0.6 is 0 Å². The Balaban J connectivity index is 4.05. The number of carbonyl (C=O) groups is 2. The maximum atomic E-state index is 11.4. The van der Waals surface area contributed by atoms with Gasteiger partial charge in [-0.15, -0.1) is 12.3 Å². The molecule has 0 heterocycles. The maximum absolute atomic E-state index is 11.4. The van der Waals surface area contributed by atoms with E-state index in [0.717, 1.165) is 0 Å². The van der Waals surface area contributed by atoms with Crippen LogP contribution in [0.1, 0.15) is 33.1 Å². The number of nitrogens with one attached hydrogen (secondary N) is 2. The Kier molecular flexibility index (Phi) is 7.61. The summed E-state index contributed by atoms with van der Waals surface area (Å²) in [4.78, 5) is 22.3. The SMILES string of the molecule is C#CCCCNC(=O)NC(C(=O)O)C(C)CC. The van der Waals surface area contributed by atoms with E-state index in [-0.39, 0.29) is 5.92 Å². The zero-order chi connectivity index (χ0) is 13.3. The minimum atomic E-state index is -1.02. The van der Waals surface area contributed by atoms with Crippen LogP contribution in [-0.2, 0) is 4.79 Å². The summed E-state index contributed by atoms with van der Waals surface area (Å²) in [5, 5.41) is 14.0. The second kappa shape index (κ2) is 8.45. The van der Waals surface area contributed by atoms with Crippen molar-refractivity contribution in [3.05, 3.63) is 0 Å². The van der Waals surface area contributed by atoms with Gasteiger partial charge in [0.15, 0.2) is 0 Å². The third-order valence-corrected chi connectivity index (χ3v) is 2.55. The van der Waals surface area contributed by atoms with Crippen molar-refractivity contribution in [2.45, 2.75) is 39.2 Å². The average molecular weight is 240 g/mol. The van der Waals surface area contributed by atoms with Crippen LogP contribution in [0, 0.1) is 18.3 Å². The number of carboxylic acid groups (broad SMARTS) is 1. The van der Waals surface area contributed by atoms with Gasteiger partial charge in [-0.05, 0) is 12.3 Å². The quantitative estimate of drug-likeness (QED) is 0.462. The fourth-order valence-corrected chi connectivity index (χ4v) is 1.27. The van der Waals surface area contributed by atoms with E-state index in [1.54, 1.807) is 6.92 Å². The molecule has 0 aromatic heterocycles. The van der Waals surface area contributed by atoms with Crippen LogP contribution in [0.15, 0.2) is 0 Å². The van der Waals surface area contributed by atoms with Gasteiger partial charge in [-0.25, -0.2) is 9.59 Å². The van der Waals surface area contributed by atoms with Crippen molar-refractivity contribution in [3.8, 4) is 12.3 Å². The summed E-state index contributed by atoms with van der Waals surface area (Å²) in [6.07, 6.45) is 7.03. The number of aliphatic carboxylic acids is 1. The standard InChI is InChI=1S/C12H20N2O3/c1-4-6-7-8-13-12(17)14-10(11(15)16)9(3)5-2/h1,9-10H,5-8H2,2-3H3,(H,15,16)(H2,13,14,17). The Labute approximate surface area is 102 Å². The number of hydrogen-bond acceptors (Lipinski definition) is 2. The third-order valence-electron chi connectivity index (χ3n) is 2.55. The molecule has 0 aliphatic heterocycles. The summed E-state index contributed by atoms with van der Waals surface area (Å²) >= 11 is 0. The predicted octanol–water partition coefficient (Wildman–Crippen LogP) is 1.20. The van der Waals surface area contributed by atoms with Gasteiger partial charge in [0.05, 0.1) is 0 Å². The summed E-state index contributed by atoms with van der Waals surface area (Å²) in [5.74, 6) is 1.34. The van der Waals surface area contributed by atoms with Crippen molar-refractivity contribution in [1.82, 2.24) is 10.6 Å². The Hall–Kier alpha value is -1.70. The first kappa shape index (κ1) is 15.3. The van der Waals surface area contributed by atoms with Crippen LogP contribution in [0.3, 0.4) is 0 Å². The predicted molar refractivity (Wildman–Crippen MR) is 65.5 cm³/mol. The summed E-state index contributed by atoms with van der Waals surface area (Å²) in [7, 11) is 0. The molecule has 0 radical (unpaired) electrons. The summed E-state index contributed by atoms with van der Waals surface area (Å²) in [5.41, 5.74) is 0. The maximum Gasteiger partial charge on any atom is 0.326 e. The van der Waals surface area contributed by atoms with E-state index in [1.807, 2.05) is 6.92 Å². The van der Waals surface area contributed by atoms with Crippen LogP contribution in [-0.4, -0.2) is 29.7 Å². The van der Waals surface area contributed by atoms with E-state index in [9.17, 15) is 9.59 Å². The minimum Gasteiger partial charge on any atom is -0.480 e. The number of urea groups is 1. The minimum absolute atomic E-state index is 0.107. The molecule has 2 unspecified atom stereocenters. The molecule has 17 heavy (non-hydrogen) atoms. The second-order valence-electron chi connectivity index (χ2n) is 3.91. The van der Waals surface area contributed by atoms with Crippen LogP contribution < -0.4 is 10.6 Å². The molecule has 0 bridgehead atoms. The smallest absolute Gasteiger partial charge is 0.326 e. The van der Waals surface area contributed by atoms with Crippen molar-refractivity contribution in [2.75, 3.05) is 6.54 Å². The van der Waals surface area contributed by atoms with Gasteiger partial charge >= 0.3 is 12.0 Å². The number of carboxylic acids is 1. The van der Waals surface area contributed by atoms with Gasteiger partial charge in [-0.2, -0.15) is 0 Å². The number of carbonyl (C=O) groups excluding carboxylic acids is 1. The third kappa shape index (κ3) is 6.46. The molecule has 0 saturated heterocycles. The van der Waals surface area contributed by atoms with Gasteiger partial charge in [-0.3, -0.25) is 0 Å². The zero-order valence-electron chi connectivity index (χ0n) is 10.3. The Morgan fingerprint density at radius 1 is 1.47 bits per heavy atom. The Morgan fingerprint density at radius 2 is 2.12 bits per heavy atom. The van der Waals surface area contributed by atoms with E-state index in [4.69, 9.17) is 11.5 Å². The largest absolute Gasteiger partial charge is 0.480 e. The lowest BCUT2D eigenvalue weighted by atomic mass is 9.99. The molecule has 0 spiro atoms. The van der Waals surface area contributed by atoms with E-state index >= 15 is 0 Å². The molecule has 5 nitrogen and oxygen atoms in total.